The molecule has 5 nitrogen and oxygen atoms in total. The van der Waals surface area contributed by atoms with Gasteiger partial charge in [0.05, 0.1) is 18.5 Å². The van der Waals surface area contributed by atoms with Crippen molar-refractivity contribution in [1.29, 1.82) is 0 Å². The standard InChI is InChI=1S/C16H18N2O3S/c1-21-13-5-2-4-12(10-13)7-8-17-15(19)11-18-16(20)14-6-3-9-22-14/h2-6,9-10H,7-8,11H2,1H3,(H,17,19)(H,18,20). The van der Waals surface area contributed by atoms with Gasteiger partial charge in [-0.1, -0.05) is 18.2 Å². The molecular formula is C16H18N2O3S. The summed E-state index contributed by atoms with van der Waals surface area (Å²) in [7, 11) is 1.62. The summed E-state index contributed by atoms with van der Waals surface area (Å²) in [6, 6.07) is 11.2. The maximum absolute atomic E-state index is 11.7. The third-order valence-corrected chi connectivity index (χ3v) is 3.89. The second-order valence-corrected chi connectivity index (χ2v) is 5.56. The van der Waals surface area contributed by atoms with Crippen LogP contribution in [0.5, 0.6) is 5.75 Å². The first-order valence-corrected chi connectivity index (χ1v) is 7.78. The lowest BCUT2D eigenvalue weighted by Gasteiger charge is -2.07. The number of rotatable bonds is 7. The van der Waals surface area contributed by atoms with Crippen LogP contribution in [0.2, 0.25) is 0 Å². The third kappa shape index (κ3) is 4.89. The predicted molar refractivity (Wildman–Crippen MR) is 86.4 cm³/mol. The number of thiophene rings is 1. The van der Waals surface area contributed by atoms with Gasteiger partial charge < -0.3 is 15.4 Å². The highest BCUT2D eigenvalue weighted by molar-refractivity contribution is 7.12. The summed E-state index contributed by atoms with van der Waals surface area (Å²) in [6.45, 7) is 0.496. The van der Waals surface area contributed by atoms with Gasteiger partial charge in [-0.2, -0.15) is 0 Å². The fourth-order valence-corrected chi connectivity index (χ4v) is 2.53. The van der Waals surface area contributed by atoms with Crippen LogP contribution in [-0.4, -0.2) is 32.0 Å². The van der Waals surface area contributed by atoms with Crippen molar-refractivity contribution in [3.8, 4) is 5.75 Å². The van der Waals surface area contributed by atoms with Gasteiger partial charge in [0, 0.05) is 6.54 Å². The van der Waals surface area contributed by atoms with Crippen molar-refractivity contribution in [1.82, 2.24) is 10.6 Å². The number of ether oxygens (including phenoxy) is 1. The van der Waals surface area contributed by atoms with Crippen LogP contribution < -0.4 is 15.4 Å². The highest BCUT2D eigenvalue weighted by Crippen LogP contribution is 2.12. The highest BCUT2D eigenvalue weighted by Gasteiger charge is 2.08. The van der Waals surface area contributed by atoms with E-state index in [0.717, 1.165) is 11.3 Å². The van der Waals surface area contributed by atoms with E-state index in [1.807, 2.05) is 29.6 Å². The minimum atomic E-state index is -0.224. The number of carbonyl (C=O) groups excluding carboxylic acids is 2. The van der Waals surface area contributed by atoms with Gasteiger partial charge in [0.15, 0.2) is 0 Å². The summed E-state index contributed by atoms with van der Waals surface area (Å²) in [5.41, 5.74) is 1.09. The van der Waals surface area contributed by atoms with Crippen molar-refractivity contribution < 1.29 is 14.3 Å². The van der Waals surface area contributed by atoms with Crippen LogP contribution in [0.1, 0.15) is 15.2 Å². The van der Waals surface area contributed by atoms with Gasteiger partial charge in [-0.05, 0) is 35.6 Å². The fraction of sp³-hybridized carbons (Fsp3) is 0.250. The van der Waals surface area contributed by atoms with Crippen LogP contribution >= 0.6 is 11.3 Å². The second kappa shape index (κ2) is 8.19. The SMILES string of the molecule is COc1cccc(CCNC(=O)CNC(=O)c2cccs2)c1. The number of benzene rings is 1. The quantitative estimate of drug-likeness (QED) is 0.818. The van der Waals surface area contributed by atoms with Gasteiger partial charge in [-0.3, -0.25) is 9.59 Å². The maximum atomic E-state index is 11.7. The Labute approximate surface area is 133 Å². The Hall–Kier alpha value is -2.34. The van der Waals surface area contributed by atoms with Crippen LogP contribution in [-0.2, 0) is 11.2 Å². The molecule has 2 rings (SSSR count). The van der Waals surface area contributed by atoms with E-state index >= 15 is 0 Å². The smallest absolute Gasteiger partial charge is 0.261 e. The molecule has 1 aromatic heterocycles. The fourth-order valence-electron chi connectivity index (χ4n) is 1.89. The summed E-state index contributed by atoms with van der Waals surface area (Å²) >= 11 is 1.35. The molecule has 0 atom stereocenters. The molecule has 0 spiro atoms. The summed E-state index contributed by atoms with van der Waals surface area (Å²) in [4.78, 5) is 24.0. The molecule has 1 aromatic carbocycles. The Balaban J connectivity index is 1.68. The molecule has 1 heterocycles. The van der Waals surface area contributed by atoms with Gasteiger partial charge in [-0.15, -0.1) is 11.3 Å². The second-order valence-electron chi connectivity index (χ2n) is 4.61. The first-order chi connectivity index (χ1) is 10.7. The predicted octanol–water partition coefficient (Wildman–Crippen LogP) is 1.85. The monoisotopic (exact) mass is 318 g/mol. The molecule has 116 valence electrons. The first-order valence-electron chi connectivity index (χ1n) is 6.90. The molecule has 0 bridgehead atoms. The molecule has 2 N–H and O–H groups in total. The van der Waals surface area contributed by atoms with E-state index in [1.54, 1.807) is 19.2 Å². The molecule has 0 aliphatic carbocycles. The zero-order valence-corrected chi connectivity index (χ0v) is 13.1. The van der Waals surface area contributed by atoms with Crippen LogP contribution in [0.15, 0.2) is 41.8 Å². The van der Waals surface area contributed by atoms with Gasteiger partial charge >= 0.3 is 0 Å². The molecule has 2 aromatic rings. The number of amides is 2. The molecule has 0 aliphatic heterocycles. The number of carbonyl (C=O) groups is 2. The van der Waals surface area contributed by atoms with Gasteiger partial charge in [0.1, 0.15) is 5.75 Å². The van der Waals surface area contributed by atoms with E-state index in [0.29, 0.717) is 17.8 Å². The summed E-state index contributed by atoms with van der Waals surface area (Å²) in [6.07, 6.45) is 0.710. The van der Waals surface area contributed by atoms with E-state index < -0.39 is 0 Å². The van der Waals surface area contributed by atoms with Gasteiger partial charge in [-0.25, -0.2) is 0 Å². The first kappa shape index (κ1) is 16.0. The molecular weight excluding hydrogens is 300 g/mol. The largest absolute Gasteiger partial charge is 0.497 e. The van der Waals surface area contributed by atoms with Crippen molar-refractivity contribution in [2.75, 3.05) is 20.2 Å². The molecule has 0 radical (unpaired) electrons. The topological polar surface area (TPSA) is 67.4 Å². The molecule has 6 heteroatoms. The van der Waals surface area contributed by atoms with E-state index in [-0.39, 0.29) is 18.4 Å². The highest BCUT2D eigenvalue weighted by atomic mass is 32.1. The molecule has 0 aliphatic rings. The number of hydrogen-bond acceptors (Lipinski definition) is 4. The van der Waals surface area contributed by atoms with Gasteiger partial charge in [0.2, 0.25) is 5.91 Å². The van der Waals surface area contributed by atoms with Crippen molar-refractivity contribution in [3.05, 3.63) is 52.2 Å². The molecule has 22 heavy (non-hydrogen) atoms. The van der Waals surface area contributed by atoms with Crippen LogP contribution in [0.3, 0.4) is 0 Å². The van der Waals surface area contributed by atoms with E-state index in [9.17, 15) is 9.59 Å². The maximum Gasteiger partial charge on any atom is 0.261 e. The Kier molecular flexibility index (Phi) is 5.97. The van der Waals surface area contributed by atoms with Crippen molar-refractivity contribution in [3.63, 3.8) is 0 Å². The Bertz CT molecular complexity index is 626. The van der Waals surface area contributed by atoms with Crippen LogP contribution in [0.4, 0.5) is 0 Å². The normalized spacial score (nSPS) is 10.0. The average molecular weight is 318 g/mol. The number of nitrogens with one attached hydrogen (secondary N) is 2. The minimum absolute atomic E-state index is 0.0190. The average Bonchev–Trinajstić information content (AvgIpc) is 3.07. The Morgan fingerprint density at radius 1 is 1.18 bits per heavy atom. The molecule has 0 unspecified atom stereocenters. The Morgan fingerprint density at radius 2 is 2.05 bits per heavy atom. The van der Waals surface area contributed by atoms with Crippen molar-refractivity contribution in [2.24, 2.45) is 0 Å². The minimum Gasteiger partial charge on any atom is -0.497 e. The van der Waals surface area contributed by atoms with E-state index in [1.165, 1.54) is 11.3 Å². The van der Waals surface area contributed by atoms with E-state index in [4.69, 9.17) is 4.74 Å². The summed E-state index contributed by atoms with van der Waals surface area (Å²) in [5, 5.41) is 7.19. The van der Waals surface area contributed by atoms with Gasteiger partial charge in [0.25, 0.3) is 5.91 Å². The zero-order chi connectivity index (χ0) is 15.8. The third-order valence-electron chi connectivity index (χ3n) is 3.02. The molecule has 0 saturated carbocycles. The van der Waals surface area contributed by atoms with Crippen molar-refractivity contribution in [2.45, 2.75) is 6.42 Å². The number of hydrogen-bond donors (Lipinski definition) is 2. The van der Waals surface area contributed by atoms with Crippen LogP contribution in [0, 0.1) is 0 Å². The lowest BCUT2D eigenvalue weighted by Crippen LogP contribution is -2.37. The lowest BCUT2D eigenvalue weighted by atomic mass is 10.1. The summed E-state index contributed by atoms with van der Waals surface area (Å²) in [5.74, 6) is 0.373. The van der Waals surface area contributed by atoms with Crippen molar-refractivity contribution >= 4 is 23.2 Å². The van der Waals surface area contributed by atoms with Crippen LogP contribution in [0.25, 0.3) is 0 Å². The molecule has 0 fully saturated rings. The lowest BCUT2D eigenvalue weighted by molar-refractivity contribution is -0.120. The zero-order valence-electron chi connectivity index (χ0n) is 12.3. The van der Waals surface area contributed by atoms with E-state index in [2.05, 4.69) is 10.6 Å². The number of methoxy groups -OCH3 is 1. The Morgan fingerprint density at radius 3 is 2.77 bits per heavy atom. The molecule has 2 amide bonds. The summed E-state index contributed by atoms with van der Waals surface area (Å²) < 4.78 is 5.15. The molecule has 0 saturated heterocycles.